The molecule has 3 aliphatic rings. The van der Waals surface area contributed by atoms with Crippen molar-refractivity contribution in [2.75, 3.05) is 26.1 Å². The molecular weight excluding hydrogens is 838 g/mol. The zero-order valence-corrected chi connectivity index (χ0v) is 38.5. The second kappa shape index (κ2) is 22.2. The van der Waals surface area contributed by atoms with Crippen LogP contribution in [0.25, 0.3) is 0 Å². The molecule has 1 aromatic carbocycles. The first-order chi connectivity index (χ1) is 29.9. The van der Waals surface area contributed by atoms with Crippen LogP contribution in [-0.2, 0) is 61.8 Å². The number of cyclic esters (lactones) is 1. The first-order valence-electron chi connectivity index (χ1n) is 21.6. The third kappa shape index (κ3) is 13.3. The first-order valence-corrected chi connectivity index (χ1v) is 21.6. The standard InChI is InChI=1S/C46H67NO17/c1-27(59-42(54)47-32-15-12-11-13-16-32)19-36-26-45(57-10)44(7,8)38(60-29(3)49)25-35(63-45)22-33(51)23-40(53)62-37(28(2)48)24-34-20-31(21-39(52)56-9)41(61-30(4)50)46(55,64-34)43(5,6)17-14-18-58-36/h11-17,21,27-28,33-38,41,48,51,55H,18-20,22-26H2,1-10H3,(H,47,54)/b17-14+,31-21+/t27-,28-,33-,34+,35-,36+,37-,38+,41+,45+,46-/m1/s1. The Labute approximate surface area is 374 Å². The summed E-state index contributed by atoms with van der Waals surface area (Å²) in [6.45, 7) is 12.3. The number of anilines is 1. The van der Waals surface area contributed by atoms with Crippen LogP contribution in [0.5, 0.6) is 0 Å². The minimum absolute atomic E-state index is 0.0187. The van der Waals surface area contributed by atoms with Crippen molar-refractivity contribution >= 4 is 35.7 Å². The molecule has 0 aliphatic carbocycles. The van der Waals surface area contributed by atoms with Crippen LogP contribution in [0.3, 0.4) is 0 Å². The molecule has 0 radical (unpaired) electrons. The fraction of sp³-hybridized carbons (Fsp3) is 0.674. The largest absolute Gasteiger partial charge is 0.466 e. The summed E-state index contributed by atoms with van der Waals surface area (Å²) in [5.74, 6) is -6.93. The Hall–Kier alpha value is -4.43. The molecule has 0 saturated carbocycles. The van der Waals surface area contributed by atoms with Crippen LogP contribution in [0.4, 0.5) is 10.5 Å². The lowest BCUT2D eigenvalue weighted by molar-refractivity contribution is -0.357. The van der Waals surface area contributed by atoms with Crippen molar-refractivity contribution in [2.24, 2.45) is 10.8 Å². The Morgan fingerprint density at radius 1 is 0.938 bits per heavy atom. The topological polar surface area (TPSA) is 241 Å². The van der Waals surface area contributed by atoms with Crippen LogP contribution in [0.15, 0.2) is 54.1 Å². The molecule has 4 N–H and O–H groups in total. The minimum Gasteiger partial charge on any atom is -0.466 e. The molecule has 18 heteroatoms. The maximum Gasteiger partial charge on any atom is 0.411 e. The van der Waals surface area contributed by atoms with Gasteiger partial charge in [0.05, 0.1) is 56.1 Å². The maximum atomic E-state index is 13.5. The number of aliphatic hydroxyl groups excluding tert-OH is 2. The molecule has 18 nitrogen and oxygen atoms in total. The highest BCUT2D eigenvalue weighted by Gasteiger charge is 2.60. The fourth-order valence-corrected chi connectivity index (χ4v) is 8.59. The van der Waals surface area contributed by atoms with E-state index in [1.165, 1.54) is 28.1 Å². The second-order valence-corrected chi connectivity index (χ2v) is 17.9. The summed E-state index contributed by atoms with van der Waals surface area (Å²) in [5, 5.41) is 37.5. The van der Waals surface area contributed by atoms with E-state index >= 15 is 0 Å². The summed E-state index contributed by atoms with van der Waals surface area (Å²) in [6, 6.07) is 8.77. The molecule has 2 saturated heterocycles. The lowest BCUT2D eigenvalue weighted by Gasteiger charge is -2.55. The van der Waals surface area contributed by atoms with Crippen LogP contribution < -0.4 is 5.32 Å². The predicted molar refractivity (Wildman–Crippen MR) is 228 cm³/mol. The maximum absolute atomic E-state index is 13.5. The number of nitrogens with one attached hydrogen (secondary N) is 1. The average molecular weight is 906 g/mol. The van der Waals surface area contributed by atoms with E-state index in [2.05, 4.69) is 5.32 Å². The Morgan fingerprint density at radius 3 is 2.22 bits per heavy atom. The summed E-state index contributed by atoms with van der Waals surface area (Å²) in [6.07, 6.45) is -6.61. The van der Waals surface area contributed by atoms with E-state index in [4.69, 9.17) is 42.6 Å². The van der Waals surface area contributed by atoms with Gasteiger partial charge in [0, 0.05) is 70.2 Å². The monoisotopic (exact) mass is 905 g/mol. The van der Waals surface area contributed by atoms with Crippen LogP contribution in [0.1, 0.15) is 100 Å². The molecule has 0 unspecified atom stereocenters. The number of hydrogen-bond donors (Lipinski definition) is 4. The SMILES string of the molecule is COC(=O)/C=C1\C[C@H]2C[C@H]([C@@H](C)O)OC(=O)C[C@H](O)C[C@@H]3C[C@H](OC(C)=O)C(C)(C)[C@](OC)(C[C@H](C[C@@H](C)OC(=O)Nc4ccccc4)OC/C=C/C(C)(C)[C@](O)(O2)[C@H]1OC(C)=O)O3. The zero-order chi connectivity index (χ0) is 47.6. The summed E-state index contributed by atoms with van der Waals surface area (Å²) >= 11 is 0. The number of fused-ring (bicyclic) bond motifs is 4. The number of carbonyl (C=O) groups is 5. The van der Waals surface area contributed by atoms with E-state index in [0.29, 0.717) is 5.69 Å². The van der Waals surface area contributed by atoms with Gasteiger partial charge in [-0.3, -0.25) is 19.7 Å². The number of ether oxygens (including phenoxy) is 9. The number of amides is 1. The van der Waals surface area contributed by atoms with E-state index in [-0.39, 0.29) is 50.7 Å². The van der Waals surface area contributed by atoms with Gasteiger partial charge in [-0.15, -0.1) is 0 Å². The van der Waals surface area contributed by atoms with Crippen molar-refractivity contribution in [1.82, 2.24) is 0 Å². The van der Waals surface area contributed by atoms with Gasteiger partial charge in [0.2, 0.25) is 5.79 Å². The van der Waals surface area contributed by atoms with Crippen LogP contribution in [0.2, 0.25) is 0 Å². The molecule has 3 heterocycles. The number of carbonyl (C=O) groups excluding carboxylic acids is 5. The first kappa shape index (κ1) is 52.2. The summed E-state index contributed by atoms with van der Waals surface area (Å²) in [4.78, 5) is 64.1. The van der Waals surface area contributed by atoms with Crippen molar-refractivity contribution in [1.29, 1.82) is 0 Å². The van der Waals surface area contributed by atoms with Crippen molar-refractivity contribution in [3.63, 3.8) is 0 Å². The van der Waals surface area contributed by atoms with E-state index in [0.717, 1.165) is 13.0 Å². The molecule has 3 aliphatic heterocycles. The lowest BCUT2D eigenvalue weighted by atomic mass is 9.70. The number of rotatable bonds is 9. The molecule has 1 aromatic rings. The summed E-state index contributed by atoms with van der Waals surface area (Å²) < 4.78 is 53.7. The summed E-state index contributed by atoms with van der Waals surface area (Å²) in [7, 11) is 2.60. The van der Waals surface area contributed by atoms with E-state index in [1.807, 2.05) is 19.9 Å². The molecule has 1 amide bonds. The molecule has 0 aromatic heterocycles. The highest BCUT2D eigenvalue weighted by atomic mass is 16.7. The van der Waals surface area contributed by atoms with Gasteiger partial charge in [-0.2, -0.15) is 0 Å². The van der Waals surface area contributed by atoms with Gasteiger partial charge in [-0.05, 0) is 38.0 Å². The highest BCUT2D eigenvalue weighted by molar-refractivity contribution is 5.84. The number of benzene rings is 1. The van der Waals surface area contributed by atoms with Crippen molar-refractivity contribution in [3.05, 3.63) is 54.1 Å². The molecule has 4 rings (SSSR count). The zero-order valence-electron chi connectivity index (χ0n) is 38.5. The number of para-hydroxylation sites is 1. The quantitative estimate of drug-likeness (QED) is 0.113. The third-order valence-electron chi connectivity index (χ3n) is 12.1. The molecule has 4 bridgehead atoms. The number of hydrogen-bond acceptors (Lipinski definition) is 17. The van der Waals surface area contributed by atoms with Gasteiger partial charge in [0.15, 0.2) is 11.9 Å². The lowest BCUT2D eigenvalue weighted by Crippen LogP contribution is -2.63. The number of aliphatic hydroxyl groups is 3. The number of esters is 4. The van der Waals surface area contributed by atoms with Gasteiger partial charge >= 0.3 is 30.0 Å². The average Bonchev–Trinajstić information content (AvgIpc) is 3.18. The molecular formula is C46H67NO17. The van der Waals surface area contributed by atoms with E-state index in [9.17, 15) is 39.3 Å². The minimum atomic E-state index is -2.38. The van der Waals surface area contributed by atoms with Gasteiger partial charge < -0.3 is 58.0 Å². The van der Waals surface area contributed by atoms with Crippen molar-refractivity contribution in [2.45, 2.75) is 167 Å². The van der Waals surface area contributed by atoms with Gasteiger partial charge in [-0.1, -0.05) is 58.0 Å². The Balaban J connectivity index is 1.81. The van der Waals surface area contributed by atoms with Crippen LogP contribution in [-0.4, -0.2) is 133 Å². The summed E-state index contributed by atoms with van der Waals surface area (Å²) in [5.41, 5.74) is -1.81. The smallest absolute Gasteiger partial charge is 0.411 e. The molecule has 64 heavy (non-hydrogen) atoms. The fourth-order valence-electron chi connectivity index (χ4n) is 8.59. The van der Waals surface area contributed by atoms with Gasteiger partial charge in [0.1, 0.15) is 18.3 Å². The Kier molecular flexibility index (Phi) is 18.1. The second-order valence-electron chi connectivity index (χ2n) is 17.9. The van der Waals surface area contributed by atoms with Crippen LogP contribution >= 0.6 is 0 Å². The predicted octanol–water partition coefficient (Wildman–Crippen LogP) is 4.81. The normalized spacial score (nSPS) is 33.2. The Bertz CT molecular complexity index is 1830. The van der Waals surface area contributed by atoms with Crippen molar-refractivity contribution < 1.29 is 81.9 Å². The molecule has 0 spiro atoms. The molecule has 11 atom stereocenters. The van der Waals surface area contributed by atoms with E-state index < -0.39 is 114 Å². The Morgan fingerprint density at radius 2 is 1.61 bits per heavy atom. The molecule has 2 fully saturated rings. The third-order valence-corrected chi connectivity index (χ3v) is 12.1. The van der Waals surface area contributed by atoms with Crippen LogP contribution in [0, 0.1) is 10.8 Å². The van der Waals surface area contributed by atoms with Crippen molar-refractivity contribution in [3.8, 4) is 0 Å². The molecule has 358 valence electrons. The number of methoxy groups -OCH3 is 2. The van der Waals surface area contributed by atoms with Gasteiger partial charge in [0.25, 0.3) is 0 Å². The highest BCUT2D eigenvalue weighted by Crippen LogP contribution is 2.51. The van der Waals surface area contributed by atoms with E-state index in [1.54, 1.807) is 57.2 Å². The van der Waals surface area contributed by atoms with Gasteiger partial charge in [-0.25, -0.2) is 9.59 Å².